The molecule has 0 fully saturated rings. The average Bonchev–Trinajstić information content (AvgIpc) is 2.47. The Hall–Kier alpha value is -2.16. The van der Waals surface area contributed by atoms with Crippen LogP contribution in [0.5, 0.6) is 0 Å². The van der Waals surface area contributed by atoms with Gasteiger partial charge in [-0.1, -0.05) is 13.8 Å². The summed E-state index contributed by atoms with van der Waals surface area (Å²) in [4.78, 5) is 46.9. The summed E-state index contributed by atoms with van der Waals surface area (Å²) in [5, 5.41) is 13.7. The number of carbonyl (C=O) groups is 4. The van der Waals surface area contributed by atoms with Crippen molar-refractivity contribution in [3.8, 4) is 0 Å². The molecule has 0 spiro atoms. The monoisotopic (exact) mass is 373 g/mol. The Morgan fingerprint density at radius 1 is 1.04 bits per heavy atom. The normalized spacial score (nSPS) is 14.9. The third-order valence-corrected chi connectivity index (χ3v) is 3.39. The van der Waals surface area contributed by atoms with Crippen LogP contribution < -0.4 is 16.4 Å². The molecule has 0 saturated carbocycles. The summed E-state index contributed by atoms with van der Waals surface area (Å²) in [5.41, 5.74) is 5.16. The highest BCUT2D eigenvalue weighted by Crippen LogP contribution is 2.10. The number of hydrogen-bond donors (Lipinski definition) is 4. The number of amides is 2. The molecule has 0 heterocycles. The number of carbonyl (C=O) groups excluding carboxylic acids is 3. The second-order valence-corrected chi connectivity index (χ2v) is 7.53. The van der Waals surface area contributed by atoms with Crippen molar-refractivity contribution in [2.24, 2.45) is 11.7 Å². The molecule has 0 saturated heterocycles. The fourth-order valence-corrected chi connectivity index (χ4v) is 1.96. The van der Waals surface area contributed by atoms with Gasteiger partial charge in [0.05, 0.1) is 6.04 Å². The van der Waals surface area contributed by atoms with Gasteiger partial charge in [0.25, 0.3) is 0 Å². The summed E-state index contributed by atoms with van der Waals surface area (Å²) in [7, 11) is 0. The van der Waals surface area contributed by atoms with Crippen molar-refractivity contribution in [3.05, 3.63) is 0 Å². The molecule has 0 aliphatic rings. The van der Waals surface area contributed by atoms with Crippen molar-refractivity contribution in [1.82, 2.24) is 10.6 Å². The topological polar surface area (TPSA) is 148 Å². The van der Waals surface area contributed by atoms with Gasteiger partial charge >= 0.3 is 11.9 Å². The van der Waals surface area contributed by atoms with Gasteiger partial charge < -0.3 is 26.2 Å². The van der Waals surface area contributed by atoms with Crippen LogP contribution in [-0.4, -0.2) is 52.6 Å². The maximum absolute atomic E-state index is 12.2. The first-order valence-electron chi connectivity index (χ1n) is 8.55. The number of aliphatic carboxylic acids is 1. The first-order valence-corrected chi connectivity index (χ1v) is 8.55. The van der Waals surface area contributed by atoms with Crippen molar-refractivity contribution < 1.29 is 29.0 Å². The average molecular weight is 373 g/mol. The zero-order valence-electron chi connectivity index (χ0n) is 16.3. The van der Waals surface area contributed by atoms with Crippen molar-refractivity contribution in [2.45, 2.75) is 78.1 Å². The highest BCUT2D eigenvalue weighted by atomic mass is 16.6. The number of hydrogen-bond acceptors (Lipinski definition) is 6. The second-order valence-electron chi connectivity index (χ2n) is 7.53. The van der Waals surface area contributed by atoms with Crippen LogP contribution in [0.2, 0.25) is 0 Å². The molecule has 150 valence electrons. The summed E-state index contributed by atoms with van der Waals surface area (Å²) in [6.07, 6.45) is 0.0408. The van der Waals surface area contributed by atoms with Gasteiger partial charge in [-0.3, -0.25) is 19.2 Å². The highest BCUT2D eigenvalue weighted by Gasteiger charge is 2.29. The first kappa shape index (κ1) is 23.8. The van der Waals surface area contributed by atoms with Gasteiger partial charge in [0.15, 0.2) is 0 Å². The van der Waals surface area contributed by atoms with Crippen LogP contribution >= 0.6 is 0 Å². The number of carboxylic acids is 1. The number of ether oxygens (including phenoxy) is 1. The van der Waals surface area contributed by atoms with E-state index < -0.39 is 47.5 Å². The maximum Gasteiger partial charge on any atom is 0.325 e. The van der Waals surface area contributed by atoms with E-state index in [-0.39, 0.29) is 18.8 Å². The lowest BCUT2D eigenvalue weighted by molar-refractivity contribution is -0.155. The Bertz CT molecular complexity index is 527. The molecule has 5 N–H and O–H groups in total. The van der Waals surface area contributed by atoms with Crippen LogP contribution in [0.25, 0.3) is 0 Å². The van der Waals surface area contributed by atoms with E-state index >= 15 is 0 Å². The van der Waals surface area contributed by atoms with Crippen LogP contribution in [0.15, 0.2) is 0 Å². The summed E-state index contributed by atoms with van der Waals surface area (Å²) in [6, 6.07) is -3.01. The van der Waals surface area contributed by atoms with E-state index in [0.717, 1.165) is 0 Å². The van der Waals surface area contributed by atoms with E-state index in [4.69, 9.17) is 15.6 Å². The second kappa shape index (κ2) is 10.1. The van der Waals surface area contributed by atoms with Gasteiger partial charge in [-0.25, -0.2) is 0 Å². The third-order valence-electron chi connectivity index (χ3n) is 3.39. The van der Waals surface area contributed by atoms with E-state index in [1.165, 1.54) is 6.92 Å². The Balaban J connectivity index is 4.68. The Labute approximate surface area is 154 Å². The van der Waals surface area contributed by atoms with E-state index in [1.807, 2.05) is 0 Å². The zero-order valence-corrected chi connectivity index (χ0v) is 16.3. The van der Waals surface area contributed by atoms with Crippen molar-refractivity contribution in [2.75, 3.05) is 0 Å². The molecule has 0 aromatic heterocycles. The number of rotatable bonds is 9. The number of nitrogens with one attached hydrogen (secondary N) is 2. The molecule has 0 unspecified atom stereocenters. The smallest absolute Gasteiger partial charge is 0.325 e. The van der Waals surface area contributed by atoms with Gasteiger partial charge in [0, 0.05) is 6.42 Å². The van der Waals surface area contributed by atoms with Crippen molar-refractivity contribution in [3.63, 3.8) is 0 Å². The minimum Gasteiger partial charge on any atom is -0.480 e. The summed E-state index contributed by atoms with van der Waals surface area (Å²) in [6.45, 7) is 9.96. The van der Waals surface area contributed by atoms with Crippen molar-refractivity contribution >= 4 is 23.8 Å². The van der Waals surface area contributed by atoms with E-state index in [2.05, 4.69) is 10.6 Å². The number of nitrogens with two attached hydrogens (primary N) is 1. The molecule has 2 amide bonds. The molecule has 26 heavy (non-hydrogen) atoms. The number of carboxylic acid groups (broad SMARTS) is 1. The standard InChI is InChI=1S/C17H31N3O6/c1-9(2)13(15(23)19-10(3)16(24)25)20-14(22)11(18)7-8-12(21)26-17(4,5)6/h9-11,13H,7-8,18H2,1-6H3,(H,19,23)(H,20,22)(H,24,25)/t10-,11-,13-/m0/s1. The predicted octanol–water partition coefficient (Wildman–Crippen LogP) is 0.166. The van der Waals surface area contributed by atoms with Crippen molar-refractivity contribution in [1.29, 1.82) is 0 Å². The van der Waals surface area contributed by atoms with E-state index in [1.54, 1.807) is 34.6 Å². The van der Waals surface area contributed by atoms with Gasteiger partial charge in [0.1, 0.15) is 17.7 Å². The predicted molar refractivity (Wildman–Crippen MR) is 95.1 cm³/mol. The van der Waals surface area contributed by atoms with Crippen LogP contribution in [0, 0.1) is 5.92 Å². The molecule has 3 atom stereocenters. The van der Waals surface area contributed by atoms with Gasteiger partial charge in [-0.2, -0.15) is 0 Å². The Morgan fingerprint density at radius 2 is 1.58 bits per heavy atom. The molecule has 0 aromatic rings. The van der Waals surface area contributed by atoms with Crippen LogP contribution in [0.1, 0.15) is 54.4 Å². The minimum absolute atomic E-state index is 0.0273. The van der Waals surface area contributed by atoms with E-state index in [0.29, 0.717) is 0 Å². The molecule has 0 rings (SSSR count). The van der Waals surface area contributed by atoms with Gasteiger partial charge in [-0.15, -0.1) is 0 Å². The zero-order chi connectivity index (χ0) is 20.7. The molecule has 0 aromatic carbocycles. The fraction of sp³-hybridized carbons (Fsp3) is 0.765. The minimum atomic E-state index is -1.18. The first-order chi connectivity index (χ1) is 11.7. The molecule has 9 heteroatoms. The summed E-state index contributed by atoms with van der Waals surface area (Å²) in [5.74, 6) is -3.12. The molecule has 9 nitrogen and oxygen atoms in total. The van der Waals surface area contributed by atoms with Gasteiger partial charge in [0.2, 0.25) is 11.8 Å². The highest BCUT2D eigenvalue weighted by molar-refractivity contribution is 5.91. The van der Waals surface area contributed by atoms with Crippen LogP contribution in [0.3, 0.4) is 0 Å². The Morgan fingerprint density at radius 3 is 2.00 bits per heavy atom. The maximum atomic E-state index is 12.2. The molecule has 0 radical (unpaired) electrons. The molecular formula is C17H31N3O6. The lowest BCUT2D eigenvalue weighted by Crippen LogP contribution is -2.55. The summed E-state index contributed by atoms with van der Waals surface area (Å²) >= 11 is 0. The van der Waals surface area contributed by atoms with Crippen LogP contribution in [-0.2, 0) is 23.9 Å². The fourth-order valence-electron chi connectivity index (χ4n) is 1.96. The quantitative estimate of drug-likeness (QED) is 0.421. The molecule has 0 bridgehead atoms. The molecule has 0 aliphatic heterocycles. The largest absolute Gasteiger partial charge is 0.480 e. The third kappa shape index (κ3) is 9.36. The SMILES string of the molecule is CC(C)[C@H](NC(=O)[C@@H](N)CCC(=O)OC(C)(C)C)C(=O)N[C@@H](C)C(=O)O. The molecular weight excluding hydrogens is 342 g/mol. The molecule has 0 aliphatic carbocycles. The number of esters is 1. The Kier molecular flexibility index (Phi) is 9.26. The van der Waals surface area contributed by atoms with Gasteiger partial charge in [-0.05, 0) is 40.0 Å². The van der Waals surface area contributed by atoms with Crippen LogP contribution in [0.4, 0.5) is 0 Å². The lowest BCUT2D eigenvalue weighted by atomic mass is 10.0. The summed E-state index contributed by atoms with van der Waals surface area (Å²) < 4.78 is 5.15. The van der Waals surface area contributed by atoms with E-state index in [9.17, 15) is 19.2 Å². The lowest BCUT2D eigenvalue weighted by Gasteiger charge is -2.24.